The summed E-state index contributed by atoms with van der Waals surface area (Å²) >= 11 is 0. The van der Waals surface area contributed by atoms with Crippen molar-refractivity contribution in [2.24, 2.45) is 0 Å². The monoisotopic (exact) mass is 277 g/mol. The molecule has 1 saturated heterocycles. The van der Waals surface area contributed by atoms with Gasteiger partial charge in [-0.3, -0.25) is 19.7 Å². The van der Waals surface area contributed by atoms with Crippen LogP contribution in [-0.4, -0.2) is 22.8 Å². The van der Waals surface area contributed by atoms with Crippen LogP contribution in [0.1, 0.15) is 31.4 Å². The summed E-state index contributed by atoms with van der Waals surface area (Å²) in [6, 6.07) is 5.25. The van der Waals surface area contributed by atoms with E-state index in [0.29, 0.717) is 18.4 Å². The lowest BCUT2D eigenvalue weighted by molar-refractivity contribution is -0.384. The number of amides is 2. The number of carbonyl (C=O) groups excluding carboxylic acids is 2. The third-order valence-electron chi connectivity index (χ3n) is 3.25. The Balaban J connectivity index is 2.02. The van der Waals surface area contributed by atoms with Crippen molar-refractivity contribution >= 4 is 17.5 Å². The Morgan fingerprint density at radius 3 is 2.90 bits per heavy atom. The van der Waals surface area contributed by atoms with Gasteiger partial charge in [-0.15, -0.1) is 0 Å². The first-order valence-corrected chi connectivity index (χ1v) is 6.31. The number of nitrogens with zero attached hydrogens (tertiary/aromatic N) is 1. The van der Waals surface area contributed by atoms with Crippen LogP contribution in [0.25, 0.3) is 0 Å². The summed E-state index contributed by atoms with van der Waals surface area (Å²) in [6.45, 7) is 1.74. The quantitative estimate of drug-likeness (QED) is 0.634. The molecule has 0 spiro atoms. The summed E-state index contributed by atoms with van der Waals surface area (Å²) in [5.74, 6) is -0.400. The fourth-order valence-corrected chi connectivity index (χ4v) is 2.12. The van der Waals surface area contributed by atoms with Crippen LogP contribution in [0.2, 0.25) is 0 Å². The second-order valence-electron chi connectivity index (χ2n) is 4.74. The SMILES string of the molecule is CC(NC(=O)C1CCC(=O)N1)c1cccc([N+](=O)[O-])c1. The van der Waals surface area contributed by atoms with E-state index < -0.39 is 11.0 Å². The van der Waals surface area contributed by atoms with Crippen molar-refractivity contribution in [1.29, 1.82) is 0 Å². The maximum absolute atomic E-state index is 11.9. The van der Waals surface area contributed by atoms with E-state index in [1.165, 1.54) is 12.1 Å². The Morgan fingerprint density at radius 2 is 2.30 bits per heavy atom. The molecule has 0 radical (unpaired) electrons. The van der Waals surface area contributed by atoms with Gasteiger partial charge in [0.1, 0.15) is 6.04 Å². The van der Waals surface area contributed by atoms with Crippen LogP contribution in [-0.2, 0) is 9.59 Å². The molecule has 2 unspecified atom stereocenters. The van der Waals surface area contributed by atoms with Crippen molar-refractivity contribution < 1.29 is 14.5 Å². The van der Waals surface area contributed by atoms with Gasteiger partial charge >= 0.3 is 0 Å². The van der Waals surface area contributed by atoms with Crippen LogP contribution in [0.4, 0.5) is 5.69 Å². The lowest BCUT2D eigenvalue weighted by Gasteiger charge is -2.17. The Morgan fingerprint density at radius 1 is 1.55 bits per heavy atom. The molecule has 7 heteroatoms. The molecule has 106 valence electrons. The summed E-state index contributed by atoms with van der Waals surface area (Å²) in [4.78, 5) is 33.2. The van der Waals surface area contributed by atoms with E-state index in [9.17, 15) is 19.7 Å². The minimum atomic E-state index is -0.511. The Kier molecular flexibility index (Phi) is 3.97. The van der Waals surface area contributed by atoms with Gasteiger partial charge in [0.25, 0.3) is 5.69 Å². The molecular formula is C13H15N3O4. The lowest BCUT2D eigenvalue weighted by Crippen LogP contribution is -2.42. The van der Waals surface area contributed by atoms with E-state index in [1.807, 2.05) is 0 Å². The largest absolute Gasteiger partial charge is 0.348 e. The smallest absolute Gasteiger partial charge is 0.269 e. The van der Waals surface area contributed by atoms with E-state index in [4.69, 9.17) is 0 Å². The third-order valence-corrected chi connectivity index (χ3v) is 3.25. The molecule has 20 heavy (non-hydrogen) atoms. The second kappa shape index (κ2) is 5.68. The van der Waals surface area contributed by atoms with Crippen LogP contribution in [0, 0.1) is 10.1 Å². The average Bonchev–Trinajstić information content (AvgIpc) is 2.85. The molecule has 2 rings (SSSR count). The maximum Gasteiger partial charge on any atom is 0.269 e. The number of nitrogens with one attached hydrogen (secondary N) is 2. The molecule has 0 bridgehead atoms. The Bertz CT molecular complexity index is 558. The van der Waals surface area contributed by atoms with Gasteiger partial charge in [-0.2, -0.15) is 0 Å². The molecule has 0 aliphatic carbocycles. The molecule has 0 aromatic heterocycles. The number of benzene rings is 1. The zero-order valence-electron chi connectivity index (χ0n) is 11.0. The number of non-ortho nitro benzene ring substituents is 1. The van der Waals surface area contributed by atoms with Crippen LogP contribution >= 0.6 is 0 Å². The Labute approximate surface area is 115 Å². The third kappa shape index (κ3) is 3.11. The molecule has 1 aliphatic heterocycles. The normalized spacial score (nSPS) is 19.2. The molecule has 1 fully saturated rings. The second-order valence-corrected chi connectivity index (χ2v) is 4.74. The van der Waals surface area contributed by atoms with E-state index in [0.717, 1.165) is 0 Å². The summed E-state index contributed by atoms with van der Waals surface area (Å²) in [6.07, 6.45) is 0.829. The zero-order chi connectivity index (χ0) is 14.7. The first kappa shape index (κ1) is 14.0. The predicted octanol–water partition coefficient (Wildman–Crippen LogP) is 1.05. The van der Waals surface area contributed by atoms with E-state index in [-0.39, 0.29) is 23.5 Å². The highest BCUT2D eigenvalue weighted by molar-refractivity contribution is 5.90. The molecule has 7 nitrogen and oxygen atoms in total. The predicted molar refractivity (Wildman–Crippen MR) is 70.8 cm³/mol. The van der Waals surface area contributed by atoms with Crippen molar-refractivity contribution in [2.75, 3.05) is 0 Å². The first-order valence-electron chi connectivity index (χ1n) is 6.31. The highest BCUT2D eigenvalue weighted by Gasteiger charge is 2.28. The standard InChI is InChI=1S/C13H15N3O4/c1-8(9-3-2-4-10(7-9)16(19)20)14-13(18)11-5-6-12(17)15-11/h2-4,7-8,11H,5-6H2,1H3,(H,14,18)(H,15,17). The van der Waals surface area contributed by atoms with Crippen LogP contribution in [0.3, 0.4) is 0 Å². The fraction of sp³-hybridized carbons (Fsp3) is 0.385. The molecule has 0 saturated carbocycles. The molecular weight excluding hydrogens is 262 g/mol. The summed E-state index contributed by atoms with van der Waals surface area (Å²) in [5, 5.41) is 16.0. The molecule has 2 N–H and O–H groups in total. The summed E-state index contributed by atoms with van der Waals surface area (Å²) < 4.78 is 0. The van der Waals surface area contributed by atoms with Gasteiger partial charge in [0.2, 0.25) is 11.8 Å². The molecule has 1 heterocycles. The van der Waals surface area contributed by atoms with E-state index >= 15 is 0 Å². The van der Waals surface area contributed by atoms with Gasteiger partial charge in [-0.1, -0.05) is 12.1 Å². The molecule has 1 aliphatic rings. The zero-order valence-corrected chi connectivity index (χ0v) is 11.0. The van der Waals surface area contributed by atoms with Crippen molar-refractivity contribution in [3.63, 3.8) is 0 Å². The van der Waals surface area contributed by atoms with Crippen LogP contribution in [0.15, 0.2) is 24.3 Å². The highest BCUT2D eigenvalue weighted by Crippen LogP contribution is 2.19. The number of hydrogen-bond donors (Lipinski definition) is 2. The van der Waals surface area contributed by atoms with Gasteiger partial charge in [0.15, 0.2) is 0 Å². The van der Waals surface area contributed by atoms with Crippen molar-refractivity contribution in [3.05, 3.63) is 39.9 Å². The van der Waals surface area contributed by atoms with Gasteiger partial charge < -0.3 is 10.6 Å². The van der Waals surface area contributed by atoms with Crippen LogP contribution in [0.5, 0.6) is 0 Å². The first-order chi connectivity index (χ1) is 9.47. The number of rotatable bonds is 4. The lowest BCUT2D eigenvalue weighted by atomic mass is 10.1. The van der Waals surface area contributed by atoms with Gasteiger partial charge in [0.05, 0.1) is 11.0 Å². The minimum absolute atomic E-state index is 0.0160. The number of hydrogen-bond acceptors (Lipinski definition) is 4. The number of nitro benzene ring substituents is 1. The molecule has 2 amide bonds. The molecule has 2 atom stereocenters. The van der Waals surface area contributed by atoms with Crippen molar-refractivity contribution in [2.45, 2.75) is 31.8 Å². The molecule has 1 aromatic carbocycles. The number of nitro groups is 1. The molecule has 1 aromatic rings. The summed E-state index contributed by atoms with van der Waals surface area (Å²) in [5.41, 5.74) is 0.634. The van der Waals surface area contributed by atoms with E-state index in [1.54, 1.807) is 19.1 Å². The van der Waals surface area contributed by atoms with Crippen molar-refractivity contribution in [1.82, 2.24) is 10.6 Å². The van der Waals surface area contributed by atoms with Gasteiger partial charge in [-0.25, -0.2) is 0 Å². The average molecular weight is 277 g/mol. The fourth-order valence-electron chi connectivity index (χ4n) is 2.12. The van der Waals surface area contributed by atoms with Crippen LogP contribution < -0.4 is 10.6 Å². The number of carbonyl (C=O) groups is 2. The summed E-state index contributed by atoms with van der Waals surface area (Å²) in [7, 11) is 0. The topological polar surface area (TPSA) is 101 Å². The van der Waals surface area contributed by atoms with Gasteiger partial charge in [-0.05, 0) is 18.9 Å². The Hall–Kier alpha value is -2.44. The van der Waals surface area contributed by atoms with Gasteiger partial charge in [0, 0.05) is 18.6 Å². The van der Waals surface area contributed by atoms with E-state index in [2.05, 4.69) is 10.6 Å². The highest BCUT2D eigenvalue weighted by atomic mass is 16.6. The maximum atomic E-state index is 11.9. The minimum Gasteiger partial charge on any atom is -0.348 e. The van der Waals surface area contributed by atoms with Crippen molar-refractivity contribution in [3.8, 4) is 0 Å².